The molecule has 0 unspecified atom stereocenters. The van der Waals surface area contributed by atoms with Crippen LogP contribution in [-0.2, 0) is 11.3 Å². The van der Waals surface area contributed by atoms with Gasteiger partial charge in [-0.25, -0.2) is 4.98 Å². The van der Waals surface area contributed by atoms with E-state index < -0.39 is 0 Å². The first kappa shape index (κ1) is 11.4. The van der Waals surface area contributed by atoms with Crippen molar-refractivity contribution in [3.63, 3.8) is 0 Å². The van der Waals surface area contributed by atoms with Gasteiger partial charge in [-0.1, -0.05) is 0 Å². The standard InChI is InChI=1S/C12H19N3OS/c13-11-14-7-10(17-11)8-15-4-1-12(9-15)2-5-16-6-3-12/h7H,1-6,8-9H2,(H2,13,14). The van der Waals surface area contributed by atoms with Crippen molar-refractivity contribution in [3.05, 3.63) is 11.1 Å². The van der Waals surface area contributed by atoms with E-state index in [-0.39, 0.29) is 0 Å². The van der Waals surface area contributed by atoms with Crippen LogP contribution in [0.4, 0.5) is 5.13 Å². The topological polar surface area (TPSA) is 51.4 Å². The number of anilines is 1. The summed E-state index contributed by atoms with van der Waals surface area (Å²) in [6.45, 7) is 5.33. The minimum Gasteiger partial charge on any atom is -0.381 e. The molecule has 5 heteroatoms. The number of ether oxygens (including phenoxy) is 1. The Labute approximate surface area is 106 Å². The van der Waals surface area contributed by atoms with Gasteiger partial charge in [-0.15, -0.1) is 11.3 Å². The first-order chi connectivity index (χ1) is 8.26. The van der Waals surface area contributed by atoms with E-state index in [1.807, 2.05) is 6.20 Å². The molecule has 2 N–H and O–H groups in total. The number of nitrogen functional groups attached to an aromatic ring is 1. The number of hydrogen-bond acceptors (Lipinski definition) is 5. The number of hydrogen-bond donors (Lipinski definition) is 1. The van der Waals surface area contributed by atoms with Crippen molar-refractivity contribution >= 4 is 16.5 Å². The average Bonchev–Trinajstić information content (AvgIpc) is 2.89. The van der Waals surface area contributed by atoms with Gasteiger partial charge in [0.15, 0.2) is 5.13 Å². The molecule has 0 amide bonds. The number of thiazole rings is 1. The lowest BCUT2D eigenvalue weighted by Gasteiger charge is -2.33. The molecule has 0 aromatic carbocycles. The van der Waals surface area contributed by atoms with Gasteiger partial charge in [0.25, 0.3) is 0 Å². The molecule has 1 aromatic heterocycles. The molecule has 0 atom stereocenters. The minimum absolute atomic E-state index is 0.536. The van der Waals surface area contributed by atoms with E-state index in [1.165, 1.54) is 37.2 Å². The number of likely N-dealkylation sites (tertiary alicyclic amines) is 1. The Balaban J connectivity index is 1.60. The highest BCUT2D eigenvalue weighted by Crippen LogP contribution is 2.40. The average molecular weight is 253 g/mol. The summed E-state index contributed by atoms with van der Waals surface area (Å²) in [5, 5.41) is 0.681. The van der Waals surface area contributed by atoms with Crippen molar-refractivity contribution in [2.75, 3.05) is 32.0 Å². The second kappa shape index (κ2) is 4.55. The van der Waals surface area contributed by atoms with E-state index in [2.05, 4.69) is 9.88 Å². The lowest BCUT2D eigenvalue weighted by atomic mass is 9.80. The van der Waals surface area contributed by atoms with Crippen molar-refractivity contribution in [1.29, 1.82) is 0 Å². The molecule has 3 heterocycles. The highest BCUT2D eigenvalue weighted by molar-refractivity contribution is 7.15. The first-order valence-corrected chi connectivity index (χ1v) is 7.08. The van der Waals surface area contributed by atoms with Crippen molar-refractivity contribution in [2.24, 2.45) is 5.41 Å². The molecular weight excluding hydrogens is 234 g/mol. The molecular formula is C12H19N3OS. The summed E-state index contributed by atoms with van der Waals surface area (Å²) >= 11 is 1.61. The maximum absolute atomic E-state index is 5.66. The Morgan fingerprint density at radius 3 is 2.94 bits per heavy atom. The predicted molar refractivity (Wildman–Crippen MR) is 68.9 cm³/mol. The highest BCUT2D eigenvalue weighted by Gasteiger charge is 2.39. The molecule has 0 radical (unpaired) electrons. The Morgan fingerprint density at radius 2 is 2.24 bits per heavy atom. The van der Waals surface area contributed by atoms with Crippen LogP contribution in [0.15, 0.2) is 6.20 Å². The third-order valence-corrected chi connectivity index (χ3v) is 4.83. The van der Waals surface area contributed by atoms with E-state index in [9.17, 15) is 0 Å². The zero-order valence-corrected chi connectivity index (χ0v) is 10.8. The van der Waals surface area contributed by atoms with Crippen LogP contribution >= 0.6 is 11.3 Å². The molecule has 0 aliphatic carbocycles. The Hall–Kier alpha value is -0.650. The largest absolute Gasteiger partial charge is 0.381 e. The number of nitrogens with two attached hydrogens (primary N) is 1. The molecule has 2 fully saturated rings. The quantitative estimate of drug-likeness (QED) is 0.872. The number of rotatable bonds is 2. The maximum atomic E-state index is 5.66. The normalized spacial score (nSPS) is 24.5. The van der Waals surface area contributed by atoms with Gasteiger partial charge in [0.05, 0.1) is 0 Å². The van der Waals surface area contributed by atoms with Crippen LogP contribution in [0.5, 0.6) is 0 Å². The Bertz CT molecular complexity index is 387. The summed E-state index contributed by atoms with van der Waals surface area (Å²) in [6, 6.07) is 0. The van der Waals surface area contributed by atoms with Crippen molar-refractivity contribution in [2.45, 2.75) is 25.8 Å². The molecule has 0 saturated carbocycles. The Morgan fingerprint density at radius 1 is 1.41 bits per heavy atom. The van der Waals surface area contributed by atoms with Crippen LogP contribution in [-0.4, -0.2) is 36.2 Å². The van der Waals surface area contributed by atoms with E-state index >= 15 is 0 Å². The summed E-state index contributed by atoms with van der Waals surface area (Å²) in [5.41, 5.74) is 6.20. The second-order valence-electron chi connectivity index (χ2n) is 5.24. The maximum Gasteiger partial charge on any atom is 0.180 e. The predicted octanol–water partition coefficient (Wildman–Crippen LogP) is 1.73. The highest BCUT2D eigenvalue weighted by atomic mass is 32.1. The van der Waals surface area contributed by atoms with E-state index in [0.29, 0.717) is 10.5 Å². The molecule has 2 aliphatic heterocycles. The van der Waals surface area contributed by atoms with Crippen molar-refractivity contribution < 1.29 is 4.74 Å². The monoisotopic (exact) mass is 253 g/mol. The van der Waals surface area contributed by atoms with Gasteiger partial charge >= 0.3 is 0 Å². The zero-order valence-electron chi connectivity index (χ0n) is 10.0. The van der Waals surface area contributed by atoms with E-state index in [0.717, 1.165) is 19.8 Å². The summed E-state index contributed by atoms with van der Waals surface area (Å²) in [7, 11) is 0. The van der Waals surface area contributed by atoms with Gasteiger partial charge in [0.2, 0.25) is 0 Å². The molecule has 1 spiro atoms. The number of nitrogens with zero attached hydrogens (tertiary/aromatic N) is 2. The van der Waals surface area contributed by atoms with Crippen LogP contribution in [0.2, 0.25) is 0 Å². The van der Waals surface area contributed by atoms with Crippen LogP contribution in [0.25, 0.3) is 0 Å². The van der Waals surface area contributed by atoms with Crippen LogP contribution in [0.1, 0.15) is 24.1 Å². The van der Waals surface area contributed by atoms with Crippen LogP contribution in [0, 0.1) is 5.41 Å². The molecule has 2 saturated heterocycles. The summed E-state index contributed by atoms with van der Waals surface area (Å²) in [4.78, 5) is 7.94. The third kappa shape index (κ3) is 2.46. The molecule has 0 bridgehead atoms. The summed E-state index contributed by atoms with van der Waals surface area (Å²) in [5.74, 6) is 0. The lowest BCUT2D eigenvalue weighted by Crippen LogP contribution is -2.32. The molecule has 2 aliphatic rings. The molecule has 94 valence electrons. The van der Waals surface area contributed by atoms with Crippen molar-refractivity contribution in [3.8, 4) is 0 Å². The van der Waals surface area contributed by atoms with E-state index in [1.54, 1.807) is 11.3 Å². The Kier molecular flexibility index (Phi) is 3.06. The molecule has 1 aromatic rings. The minimum atomic E-state index is 0.536. The number of aromatic nitrogens is 1. The molecule has 17 heavy (non-hydrogen) atoms. The lowest BCUT2D eigenvalue weighted by molar-refractivity contribution is 0.0191. The van der Waals surface area contributed by atoms with Gasteiger partial charge in [-0.05, 0) is 31.2 Å². The van der Waals surface area contributed by atoms with Crippen molar-refractivity contribution in [1.82, 2.24) is 9.88 Å². The van der Waals surface area contributed by atoms with Gasteiger partial charge in [0, 0.05) is 37.4 Å². The van der Waals surface area contributed by atoms with Crippen LogP contribution in [0.3, 0.4) is 0 Å². The summed E-state index contributed by atoms with van der Waals surface area (Å²) < 4.78 is 5.47. The second-order valence-corrected chi connectivity index (χ2v) is 6.38. The van der Waals surface area contributed by atoms with Gasteiger partial charge < -0.3 is 10.5 Å². The third-order valence-electron chi connectivity index (χ3n) is 4.02. The smallest absolute Gasteiger partial charge is 0.180 e. The fourth-order valence-corrected chi connectivity index (χ4v) is 3.72. The van der Waals surface area contributed by atoms with Gasteiger partial charge in [0.1, 0.15) is 0 Å². The van der Waals surface area contributed by atoms with Gasteiger partial charge in [-0.2, -0.15) is 0 Å². The summed E-state index contributed by atoms with van der Waals surface area (Å²) in [6.07, 6.45) is 5.70. The van der Waals surface area contributed by atoms with Crippen LogP contribution < -0.4 is 5.73 Å². The zero-order chi connectivity index (χ0) is 11.7. The first-order valence-electron chi connectivity index (χ1n) is 6.26. The molecule has 3 rings (SSSR count). The fraction of sp³-hybridized carbons (Fsp3) is 0.750. The fourth-order valence-electron chi connectivity index (χ4n) is 2.99. The van der Waals surface area contributed by atoms with Gasteiger partial charge in [-0.3, -0.25) is 4.90 Å². The molecule has 4 nitrogen and oxygen atoms in total. The van der Waals surface area contributed by atoms with E-state index in [4.69, 9.17) is 10.5 Å². The SMILES string of the molecule is Nc1ncc(CN2CCC3(CCOCC3)C2)s1.